The average molecular weight is 358 g/mol. The van der Waals surface area contributed by atoms with Crippen molar-refractivity contribution in [3.8, 4) is 0 Å². The van der Waals surface area contributed by atoms with Crippen molar-refractivity contribution in [1.29, 1.82) is 0 Å². The lowest BCUT2D eigenvalue weighted by Gasteiger charge is -2.48. The highest BCUT2D eigenvalue weighted by Crippen LogP contribution is 2.41. The Hall–Kier alpha value is -1.88. The lowest BCUT2D eigenvalue weighted by Crippen LogP contribution is -2.55. The molecule has 0 bridgehead atoms. The molecule has 1 aromatic rings. The maximum atomic E-state index is 12.2. The zero-order chi connectivity index (χ0) is 18.7. The van der Waals surface area contributed by atoms with E-state index in [1.165, 1.54) is 11.1 Å². The van der Waals surface area contributed by atoms with Crippen molar-refractivity contribution in [1.82, 2.24) is 9.80 Å². The van der Waals surface area contributed by atoms with Gasteiger partial charge in [-0.2, -0.15) is 0 Å². The minimum absolute atomic E-state index is 0.00942. The van der Waals surface area contributed by atoms with E-state index < -0.39 is 12.0 Å². The van der Waals surface area contributed by atoms with Crippen LogP contribution in [0, 0.1) is 5.41 Å². The summed E-state index contributed by atoms with van der Waals surface area (Å²) < 4.78 is 0. The summed E-state index contributed by atoms with van der Waals surface area (Å²) in [7, 11) is 0. The Morgan fingerprint density at radius 3 is 2.46 bits per heavy atom. The summed E-state index contributed by atoms with van der Waals surface area (Å²) in [5.41, 5.74) is 2.92. The minimum atomic E-state index is -0.913. The van der Waals surface area contributed by atoms with E-state index in [2.05, 4.69) is 36.1 Å². The number of carboxylic acids is 1. The molecule has 0 saturated carbocycles. The van der Waals surface area contributed by atoms with Gasteiger partial charge in [-0.1, -0.05) is 31.2 Å². The molecule has 1 spiro atoms. The number of aliphatic carboxylic acids is 1. The molecule has 5 nitrogen and oxygen atoms in total. The quantitative estimate of drug-likeness (QED) is 0.879. The van der Waals surface area contributed by atoms with Gasteiger partial charge in [0, 0.05) is 19.5 Å². The number of hydrogen-bond donors (Lipinski definition) is 1. The van der Waals surface area contributed by atoms with E-state index in [-0.39, 0.29) is 11.3 Å². The maximum Gasteiger partial charge on any atom is 0.326 e. The van der Waals surface area contributed by atoms with Crippen molar-refractivity contribution in [3.63, 3.8) is 0 Å². The Labute approximate surface area is 156 Å². The molecule has 2 heterocycles. The summed E-state index contributed by atoms with van der Waals surface area (Å²) in [5, 5.41) is 9.29. The van der Waals surface area contributed by atoms with Crippen LogP contribution in [0.2, 0.25) is 0 Å². The van der Waals surface area contributed by atoms with E-state index in [1.54, 1.807) is 11.8 Å². The molecule has 0 aromatic heterocycles. The van der Waals surface area contributed by atoms with Gasteiger partial charge in [0.25, 0.3) is 0 Å². The first-order valence-corrected chi connectivity index (χ1v) is 9.75. The van der Waals surface area contributed by atoms with Gasteiger partial charge in [-0.15, -0.1) is 0 Å². The predicted octanol–water partition coefficient (Wildman–Crippen LogP) is 2.93. The molecule has 0 radical (unpaired) electrons. The van der Waals surface area contributed by atoms with Crippen LogP contribution in [0.15, 0.2) is 24.3 Å². The van der Waals surface area contributed by atoms with Gasteiger partial charge in [-0.25, -0.2) is 4.79 Å². The van der Waals surface area contributed by atoms with Crippen molar-refractivity contribution < 1.29 is 14.7 Å². The highest BCUT2D eigenvalue weighted by Gasteiger charge is 2.43. The molecule has 1 N–H and O–H groups in total. The number of benzene rings is 1. The lowest BCUT2D eigenvalue weighted by molar-refractivity contribution is -0.155. The Morgan fingerprint density at radius 1 is 1.19 bits per heavy atom. The summed E-state index contributed by atoms with van der Waals surface area (Å²) in [6, 6.07) is 7.91. The third kappa shape index (κ3) is 3.93. The molecule has 5 heteroatoms. The van der Waals surface area contributed by atoms with Gasteiger partial charge in [0.15, 0.2) is 0 Å². The molecule has 1 atom stereocenters. The summed E-state index contributed by atoms with van der Waals surface area (Å²) in [5.74, 6) is -0.922. The van der Waals surface area contributed by atoms with Crippen molar-refractivity contribution in [2.75, 3.05) is 19.6 Å². The monoisotopic (exact) mass is 358 g/mol. The predicted molar refractivity (Wildman–Crippen MR) is 101 cm³/mol. The SMILES string of the molecule is CCc1ccccc1CN1CCC2(CCC(=O)N([C@H](C)C(=O)O)C2)CC1. The molecule has 2 aliphatic rings. The standard InChI is InChI=1S/C21H30N2O3/c1-3-17-6-4-5-7-18(17)14-22-12-10-21(11-13-22)9-8-19(24)23(15-21)16(2)20(25)26/h4-7,16H,3,8-15H2,1-2H3,(H,25,26)/t16-/m1/s1. The van der Waals surface area contributed by atoms with Crippen LogP contribution in [0.4, 0.5) is 0 Å². The van der Waals surface area contributed by atoms with Gasteiger partial charge < -0.3 is 10.0 Å². The number of carboxylic acid groups (broad SMARTS) is 1. The summed E-state index contributed by atoms with van der Waals surface area (Å²) in [6.07, 6.45) is 4.51. The average Bonchev–Trinajstić information content (AvgIpc) is 2.65. The third-order valence-corrected chi connectivity index (χ3v) is 6.33. The molecule has 1 aromatic carbocycles. The van der Waals surface area contributed by atoms with Gasteiger partial charge >= 0.3 is 5.97 Å². The largest absolute Gasteiger partial charge is 0.480 e. The number of piperidine rings is 2. The fourth-order valence-electron chi connectivity index (χ4n) is 4.42. The number of hydrogen-bond acceptors (Lipinski definition) is 3. The lowest BCUT2D eigenvalue weighted by atomic mass is 9.72. The van der Waals surface area contributed by atoms with Crippen LogP contribution in [0.1, 0.15) is 50.7 Å². The van der Waals surface area contributed by atoms with E-state index in [4.69, 9.17) is 0 Å². The van der Waals surface area contributed by atoms with E-state index in [0.717, 1.165) is 45.3 Å². The Kier molecular flexibility index (Phi) is 5.66. The molecule has 2 saturated heterocycles. The molecular weight excluding hydrogens is 328 g/mol. The van der Waals surface area contributed by atoms with Gasteiger partial charge in [0.2, 0.25) is 5.91 Å². The van der Waals surface area contributed by atoms with Crippen molar-refractivity contribution in [2.24, 2.45) is 5.41 Å². The maximum absolute atomic E-state index is 12.2. The van der Waals surface area contributed by atoms with Crippen LogP contribution >= 0.6 is 0 Å². The second-order valence-corrected chi connectivity index (χ2v) is 7.93. The van der Waals surface area contributed by atoms with Crippen LogP contribution in [0.25, 0.3) is 0 Å². The van der Waals surface area contributed by atoms with Crippen LogP contribution in [-0.2, 0) is 22.6 Å². The first-order chi connectivity index (χ1) is 12.4. The number of amides is 1. The van der Waals surface area contributed by atoms with Crippen molar-refractivity contribution in [2.45, 2.75) is 58.5 Å². The second kappa shape index (κ2) is 7.78. The van der Waals surface area contributed by atoms with Crippen molar-refractivity contribution >= 4 is 11.9 Å². The number of rotatable bonds is 5. The Morgan fingerprint density at radius 2 is 1.85 bits per heavy atom. The first-order valence-electron chi connectivity index (χ1n) is 9.75. The summed E-state index contributed by atoms with van der Waals surface area (Å²) in [4.78, 5) is 27.6. The van der Waals surface area contributed by atoms with Crippen LogP contribution < -0.4 is 0 Å². The van der Waals surface area contributed by atoms with E-state index >= 15 is 0 Å². The number of nitrogens with zero attached hydrogens (tertiary/aromatic N) is 2. The number of likely N-dealkylation sites (tertiary alicyclic amines) is 2. The minimum Gasteiger partial charge on any atom is -0.480 e. The third-order valence-electron chi connectivity index (χ3n) is 6.33. The molecule has 26 heavy (non-hydrogen) atoms. The highest BCUT2D eigenvalue weighted by molar-refractivity contribution is 5.84. The molecule has 0 aliphatic carbocycles. The zero-order valence-electron chi connectivity index (χ0n) is 15.9. The molecule has 1 amide bonds. The van der Waals surface area contributed by atoms with Gasteiger partial charge in [0.05, 0.1) is 0 Å². The zero-order valence-corrected chi connectivity index (χ0v) is 15.9. The van der Waals surface area contributed by atoms with E-state index in [0.29, 0.717) is 13.0 Å². The van der Waals surface area contributed by atoms with Gasteiger partial charge in [-0.3, -0.25) is 9.69 Å². The number of aryl methyl sites for hydroxylation is 1. The van der Waals surface area contributed by atoms with Crippen LogP contribution in [0.5, 0.6) is 0 Å². The molecule has 2 aliphatic heterocycles. The summed E-state index contributed by atoms with van der Waals surface area (Å²) in [6.45, 7) is 7.42. The topological polar surface area (TPSA) is 60.9 Å². The van der Waals surface area contributed by atoms with Crippen LogP contribution in [0.3, 0.4) is 0 Å². The second-order valence-electron chi connectivity index (χ2n) is 7.93. The molecule has 3 rings (SSSR count). The van der Waals surface area contributed by atoms with Gasteiger partial charge in [-0.05, 0) is 62.2 Å². The smallest absolute Gasteiger partial charge is 0.326 e. The molecule has 2 fully saturated rings. The number of carbonyl (C=O) groups is 2. The Bertz CT molecular complexity index is 665. The molecule has 142 valence electrons. The molecular formula is C21H30N2O3. The van der Waals surface area contributed by atoms with E-state index in [1.807, 2.05) is 0 Å². The summed E-state index contributed by atoms with van der Waals surface area (Å²) >= 11 is 0. The fraction of sp³-hybridized carbons (Fsp3) is 0.619. The van der Waals surface area contributed by atoms with Crippen molar-refractivity contribution in [3.05, 3.63) is 35.4 Å². The Balaban J connectivity index is 1.62. The van der Waals surface area contributed by atoms with E-state index in [9.17, 15) is 14.7 Å². The fourth-order valence-corrected chi connectivity index (χ4v) is 4.42. The highest BCUT2D eigenvalue weighted by atomic mass is 16.4. The first kappa shape index (κ1) is 18.9. The van der Waals surface area contributed by atoms with Crippen LogP contribution in [-0.4, -0.2) is 52.5 Å². The molecule has 0 unspecified atom stereocenters. The normalized spacial score (nSPS) is 21.8. The van der Waals surface area contributed by atoms with Gasteiger partial charge in [0.1, 0.15) is 6.04 Å². The number of carbonyl (C=O) groups excluding carboxylic acids is 1.